The molecule has 0 spiro atoms. The molecule has 1 heterocycles. The van der Waals surface area contributed by atoms with Crippen LogP contribution >= 0.6 is 12.4 Å². The predicted molar refractivity (Wildman–Crippen MR) is 128 cm³/mol. The Labute approximate surface area is 194 Å². The van der Waals surface area contributed by atoms with Crippen LogP contribution in [0.4, 0.5) is 4.39 Å². The first-order valence-electron chi connectivity index (χ1n) is 10.5. The second kappa shape index (κ2) is 9.70. The number of aromatic nitrogens is 2. The topological polar surface area (TPSA) is 90.0 Å². The summed E-state index contributed by atoms with van der Waals surface area (Å²) in [5.74, 6) is 0.538. The number of para-hydroxylation sites is 1. The third kappa shape index (κ3) is 5.04. The molecule has 1 fully saturated rings. The van der Waals surface area contributed by atoms with Crippen LogP contribution < -0.4 is 10.5 Å². The summed E-state index contributed by atoms with van der Waals surface area (Å²) in [4.78, 5) is 5.06. The van der Waals surface area contributed by atoms with Crippen LogP contribution in [0.15, 0.2) is 59.3 Å². The Hall–Kier alpha value is -2.26. The summed E-state index contributed by atoms with van der Waals surface area (Å²) in [6.45, 7) is 4.22. The van der Waals surface area contributed by atoms with Gasteiger partial charge in [-0.25, -0.2) is 22.5 Å². The van der Waals surface area contributed by atoms with E-state index < -0.39 is 10.0 Å². The van der Waals surface area contributed by atoms with Crippen LogP contribution in [0, 0.1) is 0 Å². The molecule has 6 nitrogen and oxygen atoms in total. The van der Waals surface area contributed by atoms with Crippen molar-refractivity contribution in [2.45, 2.75) is 50.1 Å². The van der Waals surface area contributed by atoms with Crippen molar-refractivity contribution in [1.82, 2.24) is 14.3 Å². The van der Waals surface area contributed by atoms with Gasteiger partial charge in [0.15, 0.2) is 0 Å². The van der Waals surface area contributed by atoms with Crippen LogP contribution in [0.3, 0.4) is 0 Å². The van der Waals surface area contributed by atoms with E-state index in [9.17, 15) is 12.8 Å². The second-order valence-electron chi connectivity index (χ2n) is 8.19. The number of hydrogen-bond donors (Lipinski definition) is 2. The molecular formula is C23H28ClFN4O2S. The van der Waals surface area contributed by atoms with Gasteiger partial charge in [0.25, 0.3) is 0 Å². The zero-order valence-electron chi connectivity index (χ0n) is 18.1. The normalized spacial score (nSPS) is 14.7. The van der Waals surface area contributed by atoms with Crippen molar-refractivity contribution in [3.05, 3.63) is 60.2 Å². The van der Waals surface area contributed by atoms with Crippen molar-refractivity contribution in [1.29, 1.82) is 0 Å². The van der Waals surface area contributed by atoms with Crippen molar-refractivity contribution in [2.24, 2.45) is 5.73 Å². The van der Waals surface area contributed by atoms with Crippen molar-refractivity contribution in [3.63, 3.8) is 0 Å². The summed E-state index contributed by atoms with van der Waals surface area (Å²) >= 11 is 0. The van der Waals surface area contributed by atoms with Crippen LogP contribution in [0.5, 0.6) is 0 Å². The molecule has 0 bridgehead atoms. The molecule has 1 saturated carbocycles. The average Bonchev–Trinajstić information content (AvgIpc) is 3.46. The van der Waals surface area contributed by atoms with Gasteiger partial charge in [0.05, 0.1) is 22.5 Å². The molecule has 1 aliphatic carbocycles. The summed E-state index contributed by atoms with van der Waals surface area (Å²) in [6.07, 6.45) is 3.12. The lowest BCUT2D eigenvalue weighted by molar-refractivity contribution is 0.541. The van der Waals surface area contributed by atoms with E-state index >= 15 is 0 Å². The fraction of sp³-hybridized carbons (Fsp3) is 0.348. The smallest absolute Gasteiger partial charge is 0.240 e. The number of rotatable bonds is 8. The zero-order chi connectivity index (χ0) is 22.2. The minimum atomic E-state index is -3.56. The molecule has 3 aromatic rings. The molecule has 2 aromatic carbocycles. The molecule has 3 N–H and O–H groups in total. The molecule has 32 heavy (non-hydrogen) atoms. The molecule has 1 aromatic heterocycles. The van der Waals surface area contributed by atoms with E-state index in [4.69, 9.17) is 10.7 Å². The highest BCUT2D eigenvalue weighted by atomic mass is 35.5. The molecule has 0 radical (unpaired) electrons. The monoisotopic (exact) mass is 478 g/mol. The Balaban J connectivity index is 0.00000289. The average molecular weight is 479 g/mol. The molecular weight excluding hydrogens is 451 g/mol. The SMILES string of the molecule is CC(C)c1nc2c(-c3cccc(S(=O)(=O)NC4CC4)c3)cccc2n1C/C(F)=C/CN.Cl. The zero-order valence-corrected chi connectivity index (χ0v) is 19.7. The highest BCUT2D eigenvalue weighted by Crippen LogP contribution is 2.33. The number of nitrogens with zero attached hydrogens (tertiary/aromatic N) is 2. The lowest BCUT2D eigenvalue weighted by atomic mass is 10.0. The first-order chi connectivity index (χ1) is 14.8. The maximum atomic E-state index is 14.3. The van der Waals surface area contributed by atoms with Crippen LogP contribution in [-0.2, 0) is 16.6 Å². The van der Waals surface area contributed by atoms with Gasteiger partial charge in [0.2, 0.25) is 10.0 Å². The Bertz CT molecular complexity index is 1250. The first-order valence-corrected chi connectivity index (χ1v) is 11.9. The van der Waals surface area contributed by atoms with Crippen molar-refractivity contribution in [2.75, 3.05) is 6.54 Å². The number of sulfonamides is 1. The molecule has 4 rings (SSSR count). The van der Waals surface area contributed by atoms with Gasteiger partial charge in [-0.1, -0.05) is 38.1 Å². The molecule has 1 aliphatic rings. The van der Waals surface area contributed by atoms with Gasteiger partial charge < -0.3 is 10.3 Å². The van der Waals surface area contributed by atoms with Gasteiger partial charge in [-0.05, 0) is 42.7 Å². The summed E-state index contributed by atoms with van der Waals surface area (Å²) in [5.41, 5.74) is 8.54. The van der Waals surface area contributed by atoms with Gasteiger partial charge in [-0.15, -0.1) is 12.4 Å². The number of benzene rings is 2. The summed E-state index contributed by atoms with van der Waals surface area (Å²) in [7, 11) is -3.56. The van der Waals surface area contributed by atoms with Crippen LogP contribution in [0.1, 0.15) is 38.4 Å². The highest BCUT2D eigenvalue weighted by Gasteiger charge is 2.28. The van der Waals surface area contributed by atoms with Crippen molar-refractivity contribution in [3.8, 4) is 11.1 Å². The van der Waals surface area contributed by atoms with Crippen LogP contribution in [0.25, 0.3) is 22.2 Å². The number of imidazole rings is 1. The third-order valence-electron chi connectivity index (χ3n) is 5.33. The fourth-order valence-corrected chi connectivity index (χ4v) is 5.02. The van der Waals surface area contributed by atoms with Gasteiger partial charge in [-0.3, -0.25) is 0 Å². The Morgan fingerprint density at radius 2 is 2.00 bits per heavy atom. The molecule has 172 valence electrons. The van der Waals surface area contributed by atoms with Gasteiger partial charge in [0.1, 0.15) is 11.7 Å². The fourth-order valence-electron chi connectivity index (χ4n) is 3.67. The van der Waals surface area contributed by atoms with Gasteiger partial charge >= 0.3 is 0 Å². The lowest BCUT2D eigenvalue weighted by Crippen LogP contribution is -2.25. The Morgan fingerprint density at radius 3 is 2.66 bits per heavy atom. The number of halogens is 2. The lowest BCUT2D eigenvalue weighted by Gasteiger charge is -2.10. The Morgan fingerprint density at radius 1 is 1.28 bits per heavy atom. The predicted octanol–water partition coefficient (Wildman–Crippen LogP) is 4.50. The summed E-state index contributed by atoms with van der Waals surface area (Å²) < 4.78 is 44.2. The molecule has 0 amide bonds. The van der Waals surface area contributed by atoms with Crippen LogP contribution in [-0.4, -0.2) is 30.6 Å². The van der Waals surface area contributed by atoms with Crippen molar-refractivity contribution < 1.29 is 12.8 Å². The van der Waals surface area contributed by atoms with E-state index in [0.29, 0.717) is 0 Å². The third-order valence-corrected chi connectivity index (χ3v) is 6.85. The van der Waals surface area contributed by atoms with E-state index in [-0.39, 0.29) is 48.2 Å². The Kier molecular flexibility index (Phi) is 7.39. The highest BCUT2D eigenvalue weighted by molar-refractivity contribution is 7.89. The first kappa shape index (κ1) is 24.4. The molecule has 9 heteroatoms. The number of hydrogen-bond acceptors (Lipinski definition) is 4. The molecule has 0 saturated heterocycles. The van der Waals surface area contributed by atoms with Crippen molar-refractivity contribution >= 4 is 33.5 Å². The quantitative estimate of drug-likeness (QED) is 0.498. The van der Waals surface area contributed by atoms with E-state index in [1.54, 1.807) is 18.2 Å². The standard InChI is InChI=1S/C23H27FN4O2S.ClH/c1-15(2)23-26-22-20(7-4-8-21(22)28(23)14-17(24)11-12-25)16-5-3-6-19(13-16)31(29,30)27-18-9-10-18;/h3-8,11,13,15,18,27H,9-10,12,14,25H2,1-2H3;1H/b17-11-;. The summed E-state index contributed by atoms with van der Waals surface area (Å²) in [6, 6.07) is 12.6. The second-order valence-corrected chi connectivity index (χ2v) is 9.91. The molecule has 0 unspecified atom stereocenters. The van der Waals surface area contributed by atoms with Gasteiger partial charge in [-0.2, -0.15) is 0 Å². The largest absolute Gasteiger partial charge is 0.327 e. The molecule has 0 atom stereocenters. The number of fused-ring (bicyclic) bond motifs is 1. The van der Waals surface area contributed by atoms with Gasteiger partial charge in [0, 0.05) is 24.1 Å². The number of allylic oxidation sites excluding steroid dienone is 1. The van der Waals surface area contributed by atoms with E-state index in [1.165, 1.54) is 6.08 Å². The number of nitrogens with two attached hydrogens (primary N) is 1. The number of nitrogens with one attached hydrogen (secondary N) is 1. The minimum absolute atomic E-state index is 0. The minimum Gasteiger partial charge on any atom is -0.327 e. The van der Waals surface area contributed by atoms with E-state index in [1.807, 2.05) is 42.7 Å². The van der Waals surface area contributed by atoms with Crippen LogP contribution in [0.2, 0.25) is 0 Å². The molecule has 0 aliphatic heterocycles. The van der Waals surface area contributed by atoms with E-state index in [2.05, 4.69) is 4.72 Å². The maximum absolute atomic E-state index is 14.3. The summed E-state index contributed by atoms with van der Waals surface area (Å²) in [5, 5.41) is 0. The maximum Gasteiger partial charge on any atom is 0.240 e. The van der Waals surface area contributed by atoms with E-state index in [0.717, 1.165) is 40.8 Å².